The summed E-state index contributed by atoms with van der Waals surface area (Å²) in [5.74, 6) is 1.01. The van der Waals surface area contributed by atoms with E-state index in [1.165, 1.54) is 22.4 Å². The van der Waals surface area contributed by atoms with E-state index in [0.29, 0.717) is 0 Å². The molecule has 0 saturated carbocycles. The molecule has 1 unspecified atom stereocenters. The van der Waals surface area contributed by atoms with Crippen LogP contribution in [0.4, 0.5) is 5.69 Å². The highest BCUT2D eigenvalue weighted by Crippen LogP contribution is 2.53. The van der Waals surface area contributed by atoms with Crippen molar-refractivity contribution in [2.75, 3.05) is 5.32 Å². The number of ether oxygens (including phenoxy) is 1. The summed E-state index contributed by atoms with van der Waals surface area (Å²) in [7, 11) is 0. The van der Waals surface area contributed by atoms with E-state index in [1.54, 1.807) is 0 Å². The van der Waals surface area contributed by atoms with Gasteiger partial charge in [0.15, 0.2) is 6.23 Å². The summed E-state index contributed by atoms with van der Waals surface area (Å²) in [6.45, 7) is 4.40. The van der Waals surface area contributed by atoms with Crippen molar-refractivity contribution in [1.82, 2.24) is 0 Å². The Bertz CT molecular complexity index is 649. The standard InChI is InChI=1S/C16H15NO/c1-10-7-8-14-12(9-10)16(2)11-5-3-4-6-13(11)17-15(16)18-14/h3-9,15,17H,1-2H3/t15?,16-/m0/s1. The molecule has 2 aromatic carbocycles. The molecule has 0 amide bonds. The van der Waals surface area contributed by atoms with E-state index >= 15 is 0 Å². The topological polar surface area (TPSA) is 21.3 Å². The SMILES string of the molecule is Cc1ccc2c(c1)[C@]1(C)c3ccccc3NC1O2. The quantitative estimate of drug-likeness (QED) is 0.757. The molecule has 0 aliphatic carbocycles. The Kier molecular flexibility index (Phi) is 1.71. The summed E-state index contributed by atoms with van der Waals surface area (Å²) >= 11 is 0. The molecule has 2 atom stereocenters. The number of fused-ring (bicyclic) bond motifs is 5. The van der Waals surface area contributed by atoms with Crippen LogP contribution in [0.5, 0.6) is 5.75 Å². The van der Waals surface area contributed by atoms with E-state index in [-0.39, 0.29) is 11.6 Å². The smallest absolute Gasteiger partial charge is 0.183 e. The Labute approximate surface area is 107 Å². The number of nitrogens with one attached hydrogen (secondary N) is 1. The van der Waals surface area contributed by atoms with Crippen LogP contribution in [0.1, 0.15) is 23.6 Å². The first-order valence-corrected chi connectivity index (χ1v) is 6.33. The van der Waals surface area contributed by atoms with Crippen LogP contribution in [0, 0.1) is 6.92 Å². The van der Waals surface area contributed by atoms with Crippen molar-refractivity contribution < 1.29 is 4.74 Å². The number of hydrogen-bond acceptors (Lipinski definition) is 2. The number of rotatable bonds is 0. The molecule has 2 aromatic rings. The van der Waals surface area contributed by atoms with Crippen molar-refractivity contribution in [2.45, 2.75) is 25.5 Å². The van der Waals surface area contributed by atoms with Gasteiger partial charge < -0.3 is 10.1 Å². The van der Waals surface area contributed by atoms with Crippen molar-refractivity contribution >= 4 is 5.69 Å². The van der Waals surface area contributed by atoms with Gasteiger partial charge in [0, 0.05) is 11.3 Å². The molecular weight excluding hydrogens is 222 g/mol. The van der Waals surface area contributed by atoms with Crippen LogP contribution in [0.15, 0.2) is 42.5 Å². The van der Waals surface area contributed by atoms with Crippen LogP contribution in [-0.4, -0.2) is 6.23 Å². The van der Waals surface area contributed by atoms with Crippen molar-refractivity contribution in [3.05, 3.63) is 59.2 Å². The van der Waals surface area contributed by atoms with Crippen LogP contribution in [-0.2, 0) is 5.41 Å². The van der Waals surface area contributed by atoms with Gasteiger partial charge in [-0.2, -0.15) is 0 Å². The predicted molar refractivity (Wildman–Crippen MR) is 72.1 cm³/mol. The maximum Gasteiger partial charge on any atom is 0.183 e. The fourth-order valence-electron chi connectivity index (χ4n) is 3.20. The van der Waals surface area contributed by atoms with Gasteiger partial charge in [0.25, 0.3) is 0 Å². The van der Waals surface area contributed by atoms with E-state index in [9.17, 15) is 0 Å². The monoisotopic (exact) mass is 237 g/mol. The summed E-state index contributed by atoms with van der Waals surface area (Å²) in [5, 5.41) is 3.48. The lowest BCUT2D eigenvalue weighted by molar-refractivity contribution is 0.217. The first-order chi connectivity index (χ1) is 8.69. The molecule has 18 heavy (non-hydrogen) atoms. The first-order valence-electron chi connectivity index (χ1n) is 6.33. The summed E-state index contributed by atoms with van der Waals surface area (Å²) in [4.78, 5) is 0. The minimum absolute atomic E-state index is 0.0201. The zero-order chi connectivity index (χ0) is 12.3. The molecule has 0 bridgehead atoms. The van der Waals surface area contributed by atoms with Gasteiger partial charge in [-0.3, -0.25) is 0 Å². The van der Waals surface area contributed by atoms with Gasteiger partial charge in [0.1, 0.15) is 5.75 Å². The molecule has 2 nitrogen and oxygen atoms in total. The van der Waals surface area contributed by atoms with E-state index in [0.717, 1.165) is 5.75 Å². The summed E-state index contributed by atoms with van der Waals surface area (Å²) in [5.41, 5.74) is 5.03. The molecule has 0 aromatic heterocycles. The largest absolute Gasteiger partial charge is 0.469 e. The van der Waals surface area contributed by atoms with Crippen LogP contribution in [0.2, 0.25) is 0 Å². The molecule has 0 saturated heterocycles. The average Bonchev–Trinajstić information content (AvgIpc) is 2.80. The molecule has 2 aliphatic rings. The highest BCUT2D eigenvalue weighted by molar-refractivity contribution is 5.68. The van der Waals surface area contributed by atoms with E-state index in [1.807, 2.05) is 0 Å². The molecule has 0 spiro atoms. The van der Waals surface area contributed by atoms with Crippen molar-refractivity contribution in [1.29, 1.82) is 0 Å². The van der Waals surface area contributed by atoms with Gasteiger partial charge >= 0.3 is 0 Å². The Balaban J connectivity index is 2.00. The fourth-order valence-corrected chi connectivity index (χ4v) is 3.20. The number of para-hydroxylation sites is 1. The molecule has 0 fully saturated rings. The van der Waals surface area contributed by atoms with Crippen molar-refractivity contribution in [3.8, 4) is 5.75 Å². The zero-order valence-corrected chi connectivity index (χ0v) is 10.5. The summed E-state index contributed by atoms with van der Waals surface area (Å²) in [6, 6.07) is 14.9. The number of anilines is 1. The highest BCUT2D eigenvalue weighted by atomic mass is 16.5. The molecule has 2 heteroatoms. The molecule has 1 N–H and O–H groups in total. The average molecular weight is 237 g/mol. The Morgan fingerprint density at radius 2 is 1.94 bits per heavy atom. The molecule has 2 heterocycles. The Hall–Kier alpha value is -1.96. The third kappa shape index (κ3) is 1.03. The van der Waals surface area contributed by atoms with Crippen molar-refractivity contribution in [3.63, 3.8) is 0 Å². The van der Waals surface area contributed by atoms with Crippen LogP contribution < -0.4 is 10.1 Å². The molecule has 0 radical (unpaired) electrons. The zero-order valence-electron chi connectivity index (χ0n) is 10.5. The van der Waals surface area contributed by atoms with Crippen molar-refractivity contribution in [2.24, 2.45) is 0 Å². The molecular formula is C16H15NO. The van der Waals surface area contributed by atoms with E-state index in [4.69, 9.17) is 4.74 Å². The number of hydrogen-bond donors (Lipinski definition) is 1. The Morgan fingerprint density at radius 3 is 2.83 bits per heavy atom. The maximum atomic E-state index is 6.06. The molecule has 2 aliphatic heterocycles. The lowest BCUT2D eigenvalue weighted by Gasteiger charge is -2.23. The lowest BCUT2D eigenvalue weighted by Crippen LogP contribution is -2.35. The predicted octanol–water partition coefficient (Wildman–Crippen LogP) is 3.45. The normalized spacial score (nSPS) is 26.9. The second kappa shape index (κ2) is 3.08. The second-order valence-electron chi connectivity index (χ2n) is 5.39. The minimum Gasteiger partial charge on any atom is -0.469 e. The summed E-state index contributed by atoms with van der Waals surface area (Å²) < 4.78 is 6.06. The Morgan fingerprint density at radius 1 is 1.11 bits per heavy atom. The van der Waals surface area contributed by atoms with Gasteiger partial charge in [-0.25, -0.2) is 0 Å². The van der Waals surface area contributed by atoms with Crippen LogP contribution >= 0.6 is 0 Å². The third-order valence-corrected chi connectivity index (χ3v) is 4.24. The van der Waals surface area contributed by atoms with Gasteiger partial charge in [-0.15, -0.1) is 0 Å². The fraction of sp³-hybridized carbons (Fsp3) is 0.250. The van der Waals surface area contributed by atoms with Gasteiger partial charge in [0.05, 0.1) is 5.41 Å². The van der Waals surface area contributed by atoms with Gasteiger partial charge in [-0.05, 0) is 31.5 Å². The van der Waals surface area contributed by atoms with Gasteiger partial charge in [-0.1, -0.05) is 35.9 Å². The first kappa shape index (κ1) is 10.0. The molecule has 4 rings (SSSR count). The third-order valence-electron chi connectivity index (χ3n) is 4.24. The van der Waals surface area contributed by atoms with Crippen LogP contribution in [0.3, 0.4) is 0 Å². The minimum atomic E-state index is -0.0715. The number of aryl methyl sites for hydroxylation is 1. The second-order valence-corrected chi connectivity index (χ2v) is 5.39. The number of benzene rings is 2. The van der Waals surface area contributed by atoms with E-state index in [2.05, 4.69) is 61.6 Å². The van der Waals surface area contributed by atoms with Gasteiger partial charge in [0.2, 0.25) is 0 Å². The summed E-state index contributed by atoms with van der Waals surface area (Å²) in [6.07, 6.45) is 0.0201. The maximum absolute atomic E-state index is 6.06. The lowest BCUT2D eigenvalue weighted by atomic mass is 9.77. The van der Waals surface area contributed by atoms with Crippen LogP contribution in [0.25, 0.3) is 0 Å². The molecule has 90 valence electrons. The highest BCUT2D eigenvalue weighted by Gasteiger charge is 2.51. The van der Waals surface area contributed by atoms with E-state index < -0.39 is 0 Å².